The largest absolute Gasteiger partial charge is 0.454 e. The summed E-state index contributed by atoms with van der Waals surface area (Å²) in [7, 11) is 0. The van der Waals surface area contributed by atoms with Crippen LogP contribution in [0.25, 0.3) is 0 Å². The quantitative estimate of drug-likeness (QED) is 0.806. The minimum absolute atomic E-state index is 0.0823. The van der Waals surface area contributed by atoms with E-state index in [9.17, 15) is 4.79 Å². The van der Waals surface area contributed by atoms with Crippen LogP contribution in [-0.4, -0.2) is 24.1 Å². The molecule has 0 saturated carbocycles. The second kappa shape index (κ2) is 4.81. The van der Waals surface area contributed by atoms with Crippen molar-refractivity contribution in [1.82, 2.24) is 4.90 Å². The van der Waals surface area contributed by atoms with Crippen molar-refractivity contribution in [1.29, 1.82) is 0 Å². The van der Waals surface area contributed by atoms with E-state index in [-0.39, 0.29) is 12.7 Å². The summed E-state index contributed by atoms with van der Waals surface area (Å²) in [5.41, 5.74) is 3.13. The minimum atomic E-state index is 0.0823. The summed E-state index contributed by atoms with van der Waals surface area (Å²) in [6.07, 6.45) is 0.852. The molecule has 4 nitrogen and oxygen atoms in total. The number of hydrogen-bond acceptors (Lipinski definition) is 3. The molecule has 2 aliphatic heterocycles. The van der Waals surface area contributed by atoms with Gasteiger partial charge in [0.15, 0.2) is 11.5 Å². The van der Waals surface area contributed by atoms with Crippen LogP contribution in [0.1, 0.15) is 21.5 Å². The van der Waals surface area contributed by atoms with Gasteiger partial charge in [0, 0.05) is 18.7 Å². The molecule has 4 rings (SSSR count). The number of nitrogens with zero attached hydrogens (tertiary/aromatic N) is 1. The van der Waals surface area contributed by atoms with Crippen LogP contribution >= 0.6 is 0 Å². The van der Waals surface area contributed by atoms with Gasteiger partial charge in [-0.3, -0.25) is 4.79 Å². The van der Waals surface area contributed by atoms with Crippen molar-refractivity contribution < 1.29 is 14.3 Å². The smallest absolute Gasteiger partial charge is 0.254 e. The third-order valence-electron chi connectivity index (χ3n) is 4.02. The van der Waals surface area contributed by atoms with Crippen molar-refractivity contribution in [3.63, 3.8) is 0 Å². The topological polar surface area (TPSA) is 38.8 Å². The Morgan fingerprint density at radius 1 is 1.00 bits per heavy atom. The maximum absolute atomic E-state index is 12.5. The molecule has 4 heteroatoms. The Balaban J connectivity index is 1.61. The average Bonchev–Trinajstić information content (AvgIpc) is 2.99. The lowest BCUT2D eigenvalue weighted by atomic mass is 9.98. The first-order valence-electron chi connectivity index (χ1n) is 7.07. The highest BCUT2D eigenvalue weighted by molar-refractivity contribution is 5.94. The van der Waals surface area contributed by atoms with Gasteiger partial charge in [0.25, 0.3) is 5.91 Å². The Labute approximate surface area is 122 Å². The molecule has 0 unspecified atom stereocenters. The molecule has 0 radical (unpaired) electrons. The number of amides is 1. The maximum atomic E-state index is 12.5. The molecule has 2 aliphatic rings. The molecule has 106 valence electrons. The van der Waals surface area contributed by atoms with Crippen LogP contribution < -0.4 is 9.47 Å². The fourth-order valence-corrected chi connectivity index (χ4v) is 2.88. The normalized spacial score (nSPS) is 15.7. The third kappa shape index (κ3) is 2.13. The van der Waals surface area contributed by atoms with E-state index in [0.29, 0.717) is 6.54 Å². The Morgan fingerprint density at radius 2 is 1.71 bits per heavy atom. The van der Waals surface area contributed by atoms with E-state index in [1.54, 1.807) is 0 Å². The summed E-state index contributed by atoms with van der Waals surface area (Å²) in [4.78, 5) is 14.4. The lowest BCUT2D eigenvalue weighted by Gasteiger charge is -2.29. The molecule has 0 saturated heterocycles. The fourth-order valence-electron chi connectivity index (χ4n) is 2.88. The second-order valence-corrected chi connectivity index (χ2v) is 5.32. The van der Waals surface area contributed by atoms with Gasteiger partial charge in [0.05, 0.1) is 0 Å². The molecule has 0 fully saturated rings. The molecule has 0 aliphatic carbocycles. The lowest BCUT2D eigenvalue weighted by molar-refractivity contribution is 0.0734. The molecule has 0 atom stereocenters. The van der Waals surface area contributed by atoms with E-state index in [0.717, 1.165) is 35.6 Å². The van der Waals surface area contributed by atoms with Crippen molar-refractivity contribution in [3.05, 3.63) is 59.2 Å². The monoisotopic (exact) mass is 281 g/mol. The number of rotatable bonds is 1. The van der Waals surface area contributed by atoms with E-state index in [4.69, 9.17) is 9.47 Å². The fraction of sp³-hybridized carbons (Fsp3) is 0.235. The molecule has 2 aromatic carbocycles. The summed E-state index contributed by atoms with van der Waals surface area (Å²) in [6, 6.07) is 13.5. The van der Waals surface area contributed by atoms with E-state index in [1.807, 2.05) is 47.4 Å². The summed E-state index contributed by atoms with van der Waals surface area (Å²) < 4.78 is 10.8. The molecule has 21 heavy (non-hydrogen) atoms. The van der Waals surface area contributed by atoms with Gasteiger partial charge < -0.3 is 14.4 Å². The summed E-state index contributed by atoms with van der Waals surface area (Å²) >= 11 is 0. The predicted molar refractivity (Wildman–Crippen MR) is 77.5 cm³/mol. The molecular weight excluding hydrogens is 266 g/mol. The SMILES string of the molecule is O=C(c1ccccc1)N1CCc2cc3c(cc2C1)OCO3. The van der Waals surface area contributed by atoms with Crippen LogP contribution in [0.4, 0.5) is 0 Å². The number of ether oxygens (including phenoxy) is 2. The number of hydrogen-bond donors (Lipinski definition) is 0. The van der Waals surface area contributed by atoms with Crippen LogP contribution in [0.2, 0.25) is 0 Å². The Morgan fingerprint density at radius 3 is 2.48 bits per heavy atom. The second-order valence-electron chi connectivity index (χ2n) is 5.32. The Bertz CT molecular complexity index is 697. The Hall–Kier alpha value is -2.49. The number of carbonyl (C=O) groups is 1. The number of carbonyl (C=O) groups excluding carboxylic acids is 1. The highest BCUT2D eigenvalue weighted by Crippen LogP contribution is 2.36. The van der Waals surface area contributed by atoms with Crippen LogP contribution in [0.3, 0.4) is 0 Å². The van der Waals surface area contributed by atoms with E-state index in [2.05, 4.69) is 0 Å². The predicted octanol–water partition coefficient (Wildman–Crippen LogP) is 2.61. The molecule has 0 N–H and O–H groups in total. The molecule has 1 amide bonds. The summed E-state index contributed by atoms with van der Waals surface area (Å²) in [5.74, 6) is 1.68. The standard InChI is InChI=1S/C17H15NO3/c19-17(12-4-2-1-3-5-12)18-7-6-13-8-15-16(21-11-20-15)9-14(13)10-18/h1-5,8-9H,6-7,10-11H2. The summed E-state index contributed by atoms with van der Waals surface area (Å²) in [5, 5.41) is 0. The summed E-state index contributed by atoms with van der Waals surface area (Å²) in [6.45, 7) is 1.64. The third-order valence-corrected chi connectivity index (χ3v) is 4.02. The molecule has 0 spiro atoms. The first-order chi connectivity index (χ1) is 10.3. The van der Waals surface area contributed by atoms with Gasteiger partial charge in [0.2, 0.25) is 6.79 Å². The number of fused-ring (bicyclic) bond motifs is 2. The van der Waals surface area contributed by atoms with Crippen LogP contribution in [-0.2, 0) is 13.0 Å². The van der Waals surface area contributed by atoms with Crippen molar-refractivity contribution in [3.8, 4) is 11.5 Å². The average molecular weight is 281 g/mol. The molecule has 2 heterocycles. The minimum Gasteiger partial charge on any atom is -0.454 e. The molecule has 2 aromatic rings. The zero-order chi connectivity index (χ0) is 14.2. The van der Waals surface area contributed by atoms with Crippen molar-refractivity contribution in [2.45, 2.75) is 13.0 Å². The number of benzene rings is 2. The lowest BCUT2D eigenvalue weighted by Crippen LogP contribution is -2.35. The van der Waals surface area contributed by atoms with Gasteiger partial charge >= 0.3 is 0 Å². The first kappa shape index (κ1) is 12.3. The zero-order valence-electron chi connectivity index (χ0n) is 11.5. The van der Waals surface area contributed by atoms with Gasteiger partial charge in [-0.1, -0.05) is 18.2 Å². The molecule has 0 bridgehead atoms. The van der Waals surface area contributed by atoms with E-state index >= 15 is 0 Å². The highest BCUT2D eigenvalue weighted by atomic mass is 16.7. The van der Waals surface area contributed by atoms with Crippen LogP contribution in [0.5, 0.6) is 11.5 Å². The highest BCUT2D eigenvalue weighted by Gasteiger charge is 2.25. The van der Waals surface area contributed by atoms with Gasteiger partial charge in [-0.25, -0.2) is 0 Å². The maximum Gasteiger partial charge on any atom is 0.254 e. The zero-order valence-corrected chi connectivity index (χ0v) is 11.5. The van der Waals surface area contributed by atoms with Gasteiger partial charge in [0.1, 0.15) is 0 Å². The van der Waals surface area contributed by atoms with Crippen molar-refractivity contribution in [2.24, 2.45) is 0 Å². The molecular formula is C17H15NO3. The Kier molecular flexibility index (Phi) is 2.81. The van der Waals surface area contributed by atoms with Gasteiger partial charge in [-0.2, -0.15) is 0 Å². The van der Waals surface area contributed by atoms with Crippen LogP contribution in [0.15, 0.2) is 42.5 Å². The van der Waals surface area contributed by atoms with Crippen LogP contribution in [0, 0.1) is 0 Å². The van der Waals surface area contributed by atoms with E-state index < -0.39 is 0 Å². The van der Waals surface area contributed by atoms with Gasteiger partial charge in [-0.15, -0.1) is 0 Å². The molecule has 0 aromatic heterocycles. The van der Waals surface area contributed by atoms with Crippen molar-refractivity contribution >= 4 is 5.91 Å². The van der Waals surface area contributed by atoms with Gasteiger partial charge in [-0.05, 0) is 41.8 Å². The first-order valence-corrected chi connectivity index (χ1v) is 7.07. The van der Waals surface area contributed by atoms with E-state index in [1.165, 1.54) is 5.56 Å². The van der Waals surface area contributed by atoms with Crippen molar-refractivity contribution in [2.75, 3.05) is 13.3 Å².